The minimum absolute atomic E-state index is 0. The maximum Gasteiger partial charge on any atom is 0.191 e. The molecule has 0 aliphatic rings. The van der Waals surface area contributed by atoms with Crippen molar-refractivity contribution in [3.8, 4) is 5.69 Å². The van der Waals surface area contributed by atoms with Crippen molar-refractivity contribution in [1.29, 1.82) is 0 Å². The first-order chi connectivity index (χ1) is 13.7. The van der Waals surface area contributed by atoms with Crippen LogP contribution in [0.2, 0.25) is 0 Å². The normalized spacial score (nSPS) is 12.3. The monoisotopic (exact) mass is 524 g/mol. The van der Waals surface area contributed by atoms with Crippen LogP contribution in [-0.4, -0.2) is 33.8 Å². The minimum Gasteiger partial charge on any atom is -0.357 e. The predicted octanol–water partition coefficient (Wildman–Crippen LogP) is 4.37. The molecule has 2 heterocycles. The van der Waals surface area contributed by atoms with Gasteiger partial charge in [0.15, 0.2) is 5.96 Å². The Morgan fingerprint density at radius 3 is 2.83 bits per heavy atom. The number of nitrogens with one attached hydrogen (secondary N) is 2. The fourth-order valence-electron chi connectivity index (χ4n) is 2.86. The lowest BCUT2D eigenvalue weighted by Gasteiger charge is -2.19. The zero-order valence-corrected chi connectivity index (χ0v) is 20.3. The Morgan fingerprint density at radius 2 is 2.14 bits per heavy atom. The van der Waals surface area contributed by atoms with Gasteiger partial charge in [-0.2, -0.15) is 5.10 Å². The van der Waals surface area contributed by atoms with E-state index in [1.807, 2.05) is 23.1 Å². The lowest BCUT2D eigenvalue weighted by Crippen LogP contribution is -2.38. The summed E-state index contributed by atoms with van der Waals surface area (Å²) in [4.78, 5) is 10.5. The van der Waals surface area contributed by atoms with E-state index < -0.39 is 0 Å². The molecule has 8 heteroatoms. The summed E-state index contributed by atoms with van der Waals surface area (Å²) in [6.07, 6.45) is 7.62. The molecule has 0 fully saturated rings. The number of guanidine groups is 1. The number of rotatable bonds is 8. The first-order valence-electron chi connectivity index (χ1n) is 9.78. The van der Waals surface area contributed by atoms with Crippen molar-refractivity contribution in [2.45, 2.75) is 39.7 Å². The van der Waals surface area contributed by atoms with Crippen LogP contribution in [0.3, 0.4) is 0 Å². The molecule has 3 rings (SSSR count). The van der Waals surface area contributed by atoms with Crippen molar-refractivity contribution in [1.82, 2.24) is 25.4 Å². The van der Waals surface area contributed by atoms with E-state index in [9.17, 15) is 0 Å². The highest BCUT2D eigenvalue weighted by Gasteiger charge is 2.09. The molecule has 156 valence electrons. The lowest BCUT2D eigenvalue weighted by molar-refractivity contribution is 0.684. The second-order valence-corrected chi connectivity index (χ2v) is 7.70. The highest BCUT2D eigenvalue weighted by atomic mass is 127. The van der Waals surface area contributed by atoms with Crippen LogP contribution in [0, 0.1) is 0 Å². The standard InChI is InChI=1S/C21H28N6S.HI/c1-4-19-15-24-20(28-19)10-12-23-21(22-5-2)26-16(3)17-8-6-9-18(14-17)27-13-7-11-25-27;/h6-9,11,13-16H,4-5,10,12H2,1-3H3,(H2,22,23,26);1H. The summed E-state index contributed by atoms with van der Waals surface area (Å²) < 4.78 is 1.87. The van der Waals surface area contributed by atoms with Crippen LogP contribution in [0.5, 0.6) is 0 Å². The molecule has 0 aliphatic carbocycles. The Kier molecular flexibility index (Phi) is 9.59. The van der Waals surface area contributed by atoms with Crippen molar-refractivity contribution < 1.29 is 0 Å². The maximum absolute atomic E-state index is 4.73. The van der Waals surface area contributed by atoms with E-state index in [-0.39, 0.29) is 30.0 Å². The summed E-state index contributed by atoms with van der Waals surface area (Å²) in [5, 5.41) is 12.3. The molecule has 2 N–H and O–H groups in total. The van der Waals surface area contributed by atoms with Crippen LogP contribution in [0.1, 0.15) is 42.3 Å². The maximum atomic E-state index is 4.73. The Hall–Kier alpha value is -1.94. The van der Waals surface area contributed by atoms with E-state index in [4.69, 9.17) is 4.99 Å². The summed E-state index contributed by atoms with van der Waals surface area (Å²) in [7, 11) is 0. The van der Waals surface area contributed by atoms with Crippen molar-refractivity contribution in [2.24, 2.45) is 4.99 Å². The van der Waals surface area contributed by atoms with E-state index in [0.29, 0.717) is 6.54 Å². The third kappa shape index (κ3) is 6.81. The molecular weight excluding hydrogens is 495 g/mol. The van der Waals surface area contributed by atoms with E-state index >= 15 is 0 Å². The van der Waals surface area contributed by atoms with Crippen LogP contribution >= 0.6 is 35.3 Å². The second-order valence-electron chi connectivity index (χ2n) is 6.50. The lowest BCUT2D eigenvalue weighted by atomic mass is 10.1. The Balaban J connectivity index is 0.00000300. The van der Waals surface area contributed by atoms with Gasteiger partial charge in [0.25, 0.3) is 0 Å². The van der Waals surface area contributed by atoms with Crippen molar-refractivity contribution in [2.75, 3.05) is 13.1 Å². The van der Waals surface area contributed by atoms with Gasteiger partial charge in [-0.1, -0.05) is 19.1 Å². The number of halogens is 1. The van der Waals surface area contributed by atoms with Crippen LogP contribution in [0.15, 0.2) is 53.9 Å². The van der Waals surface area contributed by atoms with Gasteiger partial charge in [0.05, 0.1) is 16.7 Å². The van der Waals surface area contributed by atoms with E-state index in [0.717, 1.165) is 36.0 Å². The number of nitrogens with zero attached hydrogens (tertiary/aromatic N) is 4. The summed E-state index contributed by atoms with van der Waals surface area (Å²) in [5.74, 6) is 0.826. The van der Waals surface area contributed by atoms with Gasteiger partial charge in [-0.25, -0.2) is 9.67 Å². The van der Waals surface area contributed by atoms with Gasteiger partial charge in [0.1, 0.15) is 0 Å². The van der Waals surface area contributed by atoms with Gasteiger partial charge in [-0.05, 0) is 44.0 Å². The largest absolute Gasteiger partial charge is 0.357 e. The molecule has 3 aromatic rings. The zero-order chi connectivity index (χ0) is 19.8. The third-order valence-electron chi connectivity index (χ3n) is 4.38. The molecular formula is C21H29IN6S. The number of benzene rings is 1. The molecule has 0 amide bonds. The highest BCUT2D eigenvalue weighted by molar-refractivity contribution is 14.0. The number of hydrogen-bond acceptors (Lipinski definition) is 4. The van der Waals surface area contributed by atoms with Gasteiger partial charge in [-0.15, -0.1) is 35.3 Å². The molecule has 0 spiro atoms. The van der Waals surface area contributed by atoms with Gasteiger partial charge in [-0.3, -0.25) is 4.99 Å². The number of hydrogen-bond donors (Lipinski definition) is 2. The van der Waals surface area contributed by atoms with Crippen molar-refractivity contribution in [3.63, 3.8) is 0 Å². The minimum atomic E-state index is 0. The average molecular weight is 524 g/mol. The predicted molar refractivity (Wildman–Crippen MR) is 132 cm³/mol. The summed E-state index contributed by atoms with van der Waals surface area (Å²) in [5.41, 5.74) is 2.24. The summed E-state index contributed by atoms with van der Waals surface area (Å²) in [6, 6.07) is 10.4. The fourth-order valence-corrected chi connectivity index (χ4v) is 3.71. The number of thiazole rings is 1. The van der Waals surface area contributed by atoms with Crippen LogP contribution < -0.4 is 10.6 Å². The number of aromatic nitrogens is 3. The van der Waals surface area contributed by atoms with E-state index in [1.165, 1.54) is 10.4 Å². The van der Waals surface area contributed by atoms with Gasteiger partial charge in [0, 0.05) is 43.0 Å². The molecule has 2 aromatic heterocycles. The van der Waals surface area contributed by atoms with Crippen LogP contribution in [0.25, 0.3) is 5.69 Å². The summed E-state index contributed by atoms with van der Waals surface area (Å²) >= 11 is 1.78. The van der Waals surface area contributed by atoms with E-state index in [2.05, 4.69) is 65.8 Å². The second kappa shape index (κ2) is 11.9. The molecule has 1 unspecified atom stereocenters. The number of aliphatic imine (C=N–C) groups is 1. The Bertz CT molecular complexity index is 890. The molecule has 6 nitrogen and oxygen atoms in total. The van der Waals surface area contributed by atoms with Crippen molar-refractivity contribution in [3.05, 3.63) is 64.4 Å². The quantitative estimate of drug-likeness (QED) is 0.261. The Morgan fingerprint density at radius 1 is 1.28 bits per heavy atom. The fraction of sp³-hybridized carbons (Fsp3) is 0.381. The highest BCUT2D eigenvalue weighted by Crippen LogP contribution is 2.17. The van der Waals surface area contributed by atoms with Gasteiger partial charge in [0.2, 0.25) is 0 Å². The molecule has 0 radical (unpaired) electrons. The van der Waals surface area contributed by atoms with Crippen LogP contribution in [0.4, 0.5) is 0 Å². The van der Waals surface area contributed by atoms with E-state index in [1.54, 1.807) is 17.5 Å². The number of aryl methyl sites for hydroxylation is 1. The third-order valence-corrected chi connectivity index (χ3v) is 5.58. The molecule has 0 aliphatic heterocycles. The zero-order valence-electron chi connectivity index (χ0n) is 17.1. The SMILES string of the molecule is CCNC(=NCCc1ncc(CC)s1)NC(C)c1cccc(-n2cccn2)c1.I. The summed E-state index contributed by atoms with van der Waals surface area (Å²) in [6.45, 7) is 7.92. The van der Waals surface area contributed by atoms with Crippen molar-refractivity contribution >= 4 is 41.3 Å². The molecule has 1 aromatic carbocycles. The van der Waals surface area contributed by atoms with Gasteiger partial charge < -0.3 is 10.6 Å². The topological polar surface area (TPSA) is 67.1 Å². The molecule has 0 saturated heterocycles. The molecule has 1 atom stereocenters. The first-order valence-corrected chi connectivity index (χ1v) is 10.6. The molecule has 29 heavy (non-hydrogen) atoms. The molecule has 0 saturated carbocycles. The Labute approximate surface area is 193 Å². The average Bonchev–Trinajstić information content (AvgIpc) is 3.40. The van der Waals surface area contributed by atoms with Crippen LogP contribution in [-0.2, 0) is 12.8 Å². The van der Waals surface area contributed by atoms with Gasteiger partial charge >= 0.3 is 0 Å². The molecule has 0 bridgehead atoms. The first kappa shape index (κ1) is 23.3. The smallest absolute Gasteiger partial charge is 0.191 e.